The molecule has 2 aromatic rings. The van der Waals surface area contributed by atoms with E-state index in [4.69, 9.17) is 27.3 Å². The number of halogens is 3. The van der Waals surface area contributed by atoms with Gasteiger partial charge in [0.25, 0.3) is 0 Å². The fourth-order valence-electron chi connectivity index (χ4n) is 1.41. The van der Waals surface area contributed by atoms with Gasteiger partial charge in [-0.15, -0.1) is 0 Å². The van der Waals surface area contributed by atoms with Crippen LogP contribution in [0.5, 0.6) is 11.6 Å². The third-order valence-corrected chi connectivity index (χ3v) is 3.20. The lowest BCUT2D eigenvalue weighted by Crippen LogP contribution is -2.14. The number of nitrogens with zero attached hydrogens (tertiary/aromatic N) is 2. The second-order valence-electron chi connectivity index (χ2n) is 3.64. The van der Waals surface area contributed by atoms with E-state index in [1.165, 1.54) is 30.5 Å². The van der Waals surface area contributed by atoms with Gasteiger partial charge in [0.1, 0.15) is 5.02 Å². The van der Waals surface area contributed by atoms with E-state index >= 15 is 0 Å². The summed E-state index contributed by atoms with van der Waals surface area (Å²) >= 11 is 9.24. The molecule has 3 N–H and O–H groups in total. The third-order valence-electron chi connectivity index (χ3n) is 2.34. The number of rotatable bonds is 3. The summed E-state index contributed by atoms with van der Waals surface area (Å²) in [6, 6.07) is 5.65. The normalized spacial score (nSPS) is 11.4. The largest absolute Gasteiger partial charge is 0.434 e. The molecule has 0 radical (unpaired) electrons. The number of hydrogen-bond donors (Lipinski definition) is 2. The number of pyridine rings is 1. The highest BCUT2D eigenvalue weighted by Gasteiger charge is 2.14. The Hall–Kier alpha value is -1.86. The summed E-state index contributed by atoms with van der Waals surface area (Å²) in [6.07, 6.45) is 1.35. The highest BCUT2D eigenvalue weighted by molar-refractivity contribution is 9.10. The monoisotopic (exact) mass is 359 g/mol. The SMILES string of the molecule is N/C(=N/O)c1ccnc(Oc2cc(Br)ccc2F)c1Cl. The molecular formula is C12H8BrClFN3O2. The Morgan fingerprint density at radius 3 is 2.90 bits per heavy atom. The molecule has 20 heavy (non-hydrogen) atoms. The van der Waals surface area contributed by atoms with Gasteiger partial charge in [0, 0.05) is 16.2 Å². The highest BCUT2D eigenvalue weighted by Crippen LogP contribution is 2.32. The first kappa shape index (κ1) is 14.5. The maximum absolute atomic E-state index is 13.6. The van der Waals surface area contributed by atoms with E-state index in [9.17, 15) is 4.39 Å². The third kappa shape index (κ3) is 3.00. The quantitative estimate of drug-likeness (QED) is 0.380. The summed E-state index contributed by atoms with van der Waals surface area (Å²) in [4.78, 5) is 3.89. The van der Waals surface area contributed by atoms with E-state index in [2.05, 4.69) is 26.1 Å². The number of hydrogen-bond acceptors (Lipinski definition) is 4. The average Bonchev–Trinajstić information content (AvgIpc) is 2.44. The molecule has 8 heteroatoms. The molecule has 0 atom stereocenters. The molecular weight excluding hydrogens is 353 g/mol. The first-order valence-electron chi connectivity index (χ1n) is 5.28. The van der Waals surface area contributed by atoms with E-state index in [-0.39, 0.29) is 28.1 Å². The molecule has 0 amide bonds. The molecule has 0 aliphatic rings. The van der Waals surface area contributed by atoms with Crippen molar-refractivity contribution in [3.63, 3.8) is 0 Å². The zero-order valence-electron chi connectivity index (χ0n) is 9.85. The number of oxime groups is 1. The van der Waals surface area contributed by atoms with Crippen LogP contribution < -0.4 is 10.5 Å². The molecule has 0 aliphatic carbocycles. The van der Waals surface area contributed by atoms with Gasteiger partial charge in [-0.1, -0.05) is 32.7 Å². The molecule has 1 aromatic carbocycles. The van der Waals surface area contributed by atoms with Crippen LogP contribution in [0.2, 0.25) is 5.02 Å². The summed E-state index contributed by atoms with van der Waals surface area (Å²) < 4.78 is 19.6. The van der Waals surface area contributed by atoms with E-state index in [1.807, 2.05) is 0 Å². The molecule has 1 aromatic heterocycles. The first-order chi connectivity index (χ1) is 9.52. The molecule has 0 saturated heterocycles. The average molecular weight is 361 g/mol. The minimum Gasteiger partial charge on any atom is -0.434 e. The smallest absolute Gasteiger partial charge is 0.239 e. The lowest BCUT2D eigenvalue weighted by molar-refractivity contribution is 0.318. The first-order valence-corrected chi connectivity index (χ1v) is 6.45. The van der Waals surface area contributed by atoms with E-state index in [0.29, 0.717) is 4.47 Å². The summed E-state index contributed by atoms with van der Waals surface area (Å²) in [5.74, 6) is -0.865. The van der Waals surface area contributed by atoms with Gasteiger partial charge in [-0.25, -0.2) is 9.37 Å². The summed E-state index contributed by atoms with van der Waals surface area (Å²) in [6.45, 7) is 0. The molecule has 5 nitrogen and oxygen atoms in total. The molecule has 0 saturated carbocycles. The predicted octanol–water partition coefficient (Wildman–Crippen LogP) is 3.52. The Morgan fingerprint density at radius 2 is 2.20 bits per heavy atom. The molecule has 1 heterocycles. The molecule has 0 spiro atoms. The van der Waals surface area contributed by atoms with Crippen molar-refractivity contribution in [3.8, 4) is 11.6 Å². The van der Waals surface area contributed by atoms with Crippen molar-refractivity contribution >= 4 is 33.4 Å². The summed E-state index contributed by atoms with van der Waals surface area (Å²) in [7, 11) is 0. The maximum atomic E-state index is 13.6. The van der Waals surface area contributed by atoms with Crippen LogP contribution in [0.1, 0.15) is 5.56 Å². The minimum absolute atomic E-state index is 0.0159. The van der Waals surface area contributed by atoms with E-state index < -0.39 is 5.82 Å². The molecule has 0 bridgehead atoms. The number of aromatic nitrogens is 1. The summed E-state index contributed by atoms with van der Waals surface area (Å²) in [5, 5.41) is 11.5. The van der Waals surface area contributed by atoms with Crippen LogP contribution in [0.3, 0.4) is 0 Å². The van der Waals surface area contributed by atoms with Crippen molar-refractivity contribution in [1.29, 1.82) is 0 Å². The van der Waals surface area contributed by atoms with Gasteiger partial charge in [-0.05, 0) is 24.3 Å². The van der Waals surface area contributed by atoms with Gasteiger partial charge in [0.15, 0.2) is 17.4 Å². The molecule has 0 aliphatic heterocycles. The lowest BCUT2D eigenvalue weighted by atomic mass is 10.2. The molecule has 2 rings (SSSR count). The topological polar surface area (TPSA) is 80.7 Å². The Bertz CT molecular complexity index is 682. The van der Waals surface area contributed by atoms with Gasteiger partial charge in [0.05, 0.1) is 0 Å². The van der Waals surface area contributed by atoms with Crippen molar-refractivity contribution in [1.82, 2.24) is 4.98 Å². The fraction of sp³-hybridized carbons (Fsp3) is 0. The fourth-order valence-corrected chi connectivity index (χ4v) is 1.99. The standard InChI is InChI=1S/C12H8BrClFN3O2/c13-6-1-2-8(15)9(5-6)20-12-10(14)7(3-4-17-12)11(16)18-19/h1-5,19H,(H2,16,18). The van der Waals surface area contributed by atoms with E-state index in [1.54, 1.807) is 0 Å². The highest BCUT2D eigenvalue weighted by atomic mass is 79.9. The van der Waals surface area contributed by atoms with Crippen LogP contribution in [-0.4, -0.2) is 16.0 Å². The number of nitrogens with two attached hydrogens (primary N) is 1. The van der Waals surface area contributed by atoms with Crippen molar-refractivity contribution in [2.45, 2.75) is 0 Å². The molecule has 0 unspecified atom stereocenters. The Labute approximate surface area is 127 Å². The second-order valence-corrected chi connectivity index (χ2v) is 4.93. The zero-order chi connectivity index (χ0) is 14.7. The van der Waals surface area contributed by atoms with Gasteiger partial charge in [0.2, 0.25) is 5.88 Å². The van der Waals surface area contributed by atoms with Crippen molar-refractivity contribution in [2.24, 2.45) is 10.9 Å². The van der Waals surface area contributed by atoms with E-state index in [0.717, 1.165) is 0 Å². The van der Waals surface area contributed by atoms with Gasteiger partial charge in [-0.2, -0.15) is 0 Å². The van der Waals surface area contributed by atoms with Crippen LogP contribution in [0.15, 0.2) is 40.1 Å². The minimum atomic E-state index is -0.569. The number of amidine groups is 1. The van der Waals surface area contributed by atoms with Crippen LogP contribution in [0, 0.1) is 5.82 Å². The van der Waals surface area contributed by atoms with Gasteiger partial charge < -0.3 is 15.7 Å². The lowest BCUT2D eigenvalue weighted by Gasteiger charge is -2.10. The predicted molar refractivity (Wildman–Crippen MR) is 75.9 cm³/mol. The Kier molecular flexibility index (Phi) is 4.41. The van der Waals surface area contributed by atoms with Gasteiger partial charge >= 0.3 is 0 Å². The molecule has 104 valence electrons. The maximum Gasteiger partial charge on any atom is 0.239 e. The van der Waals surface area contributed by atoms with Crippen LogP contribution >= 0.6 is 27.5 Å². The Balaban J connectivity index is 2.42. The van der Waals surface area contributed by atoms with Crippen molar-refractivity contribution in [2.75, 3.05) is 0 Å². The van der Waals surface area contributed by atoms with Crippen LogP contribution in [0.25, 0.3) is 0 Å². The second kappa shape index (κ2) is 6.06. The Morgan fingerprint density at radius 1 is 1.45 bits per heavy atom. The van der Waals surface area contributed by atoms with Crippen LogP contribution in [0.4, 0.5) is 4.39 Å². The number of ether oxygens (including phenoxy) is 1. The van der Waals surface area contributed by atoms with Gasteiger partial charge in [-0.3, -0.25) is 0 Å². The number of benzene rings is 1. The van der Waals surface area contributed by atoms with Crippen LogP contribution in [-0.2, 0) is 0 Å². The van der Waals surface area contributed by atoms with Crippen molar-refractivity contribution < 1.29 is 14.3 Å². The molecule has 0 fully saturated rings. The zero-order valence-corrected chi connectivity index (χ0v) is 12.2. The van der Waals surface area contributed by atoms with Crippen molar-refractivity contribution in [3.05, 3.63) is 51.3 Å². The summed E-state index contributed by atoms with van der Waals surface area (Å²) in [5.41, 5.74) is 5.69.